The van der Waals surface area contributed by atoms with Gasteiger partial charge in [0.05, 0.1) is 12.1 Å². The van der Waals surface area contributed by atoms with E-state index in [0.29, 0.717) is 24.9 Å². The maximum atomic E-state index is 12.9. The Labute approximate surface area is 301 Å². The van der Waals surface area contributed by atoms with Crippen LogP contribution < -0.4 is 0 Å². The number of benzene rings is 2. The van der Waals surface area contributed by atoms with E-state index in [1.54, 1.807) is 22.7 Å². The zero-order chi connectivity index (χ0) is 34.9. The number of amides is 2. The van der Waals surface area contributed by atoms with Gasteiger partial charge in [-0.25, -0.2) is 9.59 Å². The molecule has 2 aromatic carbocycles. The van der Waals surface area contributed by atoms with Gasteiger partial charge in [-0.1, -0.05) is 46.9 Å². The number of nitrogens with zero attached hydrogens (tertiary/aromatic N) is 6. The fourth-order valence-electron chi connectivity index (χ4n) is 8.04. The van der Waals surface area contributed by atoms with Crippen LogP contribution in [0.5, 0.6) is 0 Å². The van der Waals surface area contributed by atoms with Gasteiger partial charge in [-0.2, -0.15) is 0 Å². The molecule has 50 heavy (non-hydrogen) atoms. The molecule has 0 saturated carbocycles. The predicted molar refractivity (Wildman–Crippen MR) is 193 cm³/mol. The van der Waals surface area contributed by atoms with Crippen molar-refractivity contribution in [1.82, 2.24) is 30.2 Å². The van der Waals surface area contributed by atoms with Crippen molar-refractivity contribution < 1.29 is 19.1 Å². The Morgan fingerprint density at radius 1 is 0.620 bits per heavy atom. The van der Waals surface area contributed by atoms with Crippen LogP contribution in [0.4, 0.5) is 9.59 Å². The minimum atomic E-state index is -0.539. The van der Waals surface area contributed by atoms with Crippen LogP contribution in [0.3, 0.4) is 0 Å². The van der Waals surface area contributed by atoms with Crippen molar-refractivity contribution in [3.8, 4) is 21.1 Å². The number of likely N-dealkylation sites (tertiary alicyclic amines) is 2. The summed E-state index contributed by atoms with van der Waals surface area (Å²) in [4.78, 5) is 29.5. The second-order valence-electron chi connectivity index (χ2n) is 15.9. The number of ether oxygens (including phenoxy) is 2. The van der Waals surface area contributed by atoms with Crippen molar-refractivity contribution in [3.05, 3.63) is 68.7 Å². The summed E-state index contributed by atoms with van der Waals surface area (Å²) in [5.41, 5.74) is 6.63. The molecular weight excluding hydrogens is 669 g/mol. The Morgan fingerprint density at radius 2 is 1.04 bits per heavy atom. The molecule has 2 unspecified atom stereocenters. The summed E-state index contributed by atoms with van der Waals surface area (Å²) in [6.07, 6.45) is 5.25. The molecule has 5 aliphatic rings. The van der Waals surface area contributed by atoms with Crippen LogP contribution in [0.25, 0.3) is 21.1 Å². The van der Waals surface area contributed by atoms with Crippen LogP contribution in [0.2, 0.25) is 0 Å². The lowest BCUT2D eigenvalue weighted by Crippen LogP contribution is -2.36. The molecule has 9 rings (SSSR count). The maximum absolute atomic E-state index is 12.9. The van der Waals surface area contributed by atoms with E-state index in [2.05, 4.69) is 56.8 Å². The van der Waals surface area contributed by atoms with E-state index in [4.69, 9.17) is 9.47 Å². The second-order valence-corrected chi connectivity index (χ2v) is 17.9. The van der Waals surface area contributed by atoms with Gasteiger partial charge in [0.25, 0.3) is 0 Å². The SMILES string of the molecule is CC(C)(C)OC(=O)N1CCC[C@H]1c1nnc(-c2ccc3c(c2)C2CCC3c3cc(-c4nnc([C@@H]5CCCN5C(=O)OC(C)(C)C)s4)ccc32)s1. The summed E-state index contributed by atoms with van der Waals surface area (Å²) in [6.45, 7) is 12.7. The van der Waals surface area contributed by atoms with Gasteiger partial charge in [0.2, 0.25) is 0 Å². The molecule has 2 saturated heterocycles. The monoisotopic (exact) mass is 712 g/mol. The van der Waals surface area contributed by atoms with Crippen LogP contribution in [0, 0.1) is 0 Å². The first-order valence-electron chi connectivity index (χ1n) is 17.8. The van der Waals surface area contributed by atoms with Crippen LogP contribution in [0.15, 0.2) is 36.4 Å². The average molecular weight is 713 g/mol. The molecule has 2 amide bonds. The van der Waals surface area contributed by atoms with Crippen LogP contribution in [-0.2, 0) is 9.47 Å². The molecule has 0 N–H and O–H groups in total. The Kier molecular flexibility index (Phi) is 8.25. The highest BCUT2D eigenvalue weighted by Gasteiger charge is 2.40. The normalized spacial score (nSPS) is 22.8. The first kappa shape index (κ1) is 33.3. The zero-order valence-electron chi connectivity index (χ0n) is 29.6. The quantitative estimate of drug-likeness (QED) is 0.206. The molecule has 2 fully saturated rings. The molecular formula is C38H44N6O4S2. The lowest BCUT2D eigenvalue weighted by atomic mass is 9.63. The van der Waals surface area contributed by atoms with Crippen LogP contribution in [-0.4, -0.2) is 66.7 Å². The molecule has 4 atom stereocenters. The van der Waals surface area contributed by atoms with E-state index < -0.39 is 11.2 Å². The van der Waals surface area contributed by atoms with E-state index in [1.807, 2.05) is 51.3 Å². The highest BCUT2D eigenvalue weighted by atomic mass is 32.1. The fourth-order valence-corrected chi connectivity index (χ4v) is 10.0. The third-order valence-corrected chi connectivity index (χ3v) is 12.3. The largest absolute Gasteiger partial charge is 0.444 e. The van der Waals surface area contributed by atoms with Crippen molar-refractivity contribution in [3.63, 3.8) is 0 Å². The average Bonchev–Trinajstić information content (AvgIpc) is 3.89. The molecule has 0 radical (unpaired) electrons. The number of rotatable bonds is 4. The number of aromatic nitrogens is 4. The minimum Gasteiger partial charge on any atom is -0.444 e. The third-order valence-electron chi connectivity index (χ3n) is 10.1. The smallest absolute Gasteiger partial charge is 0.410 e. The summed E-state index contributed by atoms with van der Waals surface area (Å²) in [5.74, 6) is 0.657. The Bertz CT molecular complexity index is 1820. The van der Waals surface area contributed by atoms with Crippen molar-refractivity contribution >= 4 is 34.9 Å². The second kappa shape index (κ2) is 12.4. The number of carbonyl (C=O) groups excluding carboxylic acids is 2. The molecule has 2 aromatic heterocycles. The summed E-state index contributed by atoms with van der Waals surface area (Å²) in [6, 6.07) is 13.4. The minimum absolute atomic E-state index is 0.1000. The molecule has 10 nitrogen and oxygen atoms in total. The van der Waals surface area contributed by atoms with E-state index in [-0.39, 0.29) is 24.3 Å². The highest BCUT2D eigenvalue weighted by Crippen LogP contribution is 2.54. The van der Waals surface area contributed by atoms with E-state index in [1.165, 1.54) is 22.3 Å². The predicted octanol–water partition coefficient (Wildman–Crippen LogP) is 9.24. The fraction of sp³-hybridized carbons (Fsp3) is 0.526. The third kappa shape index (κ3) is 6.18. The zero-order valence-corrected chi connectivity index (χ0v) is 31.2. The maximum Gasteiger partial charge on any atom is 0.410 e. The summed E-state index contributed by atoms with van der Waals surface area (Å²) in [7, 11) is 0. The highest BCUT2D eigenvalue weighted by molar-refractivity contribution is 7.15. The lowest BCUT2D eigenvalue weighted by molar-refractivity contribution is 0.0213. The van der Waals surface area contributed by atoms with Gasteiger partial charge < -0.3 is 9.47 Å². The van der Waals surface area contributed by atoms with Gasteiger partial charge in [-0.05, 0) is 114 Å². The van der Waals surface area contributed by atoms with Gasteiger partial charge in [0, 0.05) is 36.1 Å². The van der Waals surface area contributed by atoms with Gasteiger partial charge in [-0.15, -0.1) is 20.4 Å². The molecule has 0 spiro atoms. The Morgan fingerprint density at radius 3 is 1.44 bits per heavy atom. The Balaban J connectivity index is 1.01. The van der Waals surface area contributed by atoms with Crippen molar-refractivity contribution in [2.45, 2.75) is 115 Å². The van der Waals surface area contributed by atoms with Gasteiger partial charge in [0.15, 0.2) is 0 Å². The van der Waals surface area contributed by atoms with Crippen molar-refractivity contribution in [2.75, 3.05) is 13.1 Å². The Hall–Kier alpha value is -3.90. The topological polar surface area (TPSA) is 111 Å². The van der Waals surface area contributed by atoms with Gasteiger partial charge in [0.1, 0.15) is 31.2 Å². The van der Waals surface area contributed by atoms with Crippen molar-refractivity contribution in [1.29, 1.82) is 0 Å². The van der Waals surface area contributed by atoms with E-state index >= 15 is 0 Å². The van der Waals surface area contributed by atoms with E-state index in [0.717, 1.165) is 69.7 Å². The molecule has 2 bridgehead atoms. The van der Waals surface area contributed by atoms with Crippen molar-refractivity contribution in [2.24, 2.45) is 0 Å². The first-order valence-corrected chi connectivity index (χ1v) is 19.4. The van der Waals surface area contributed by atoms with Gasteiger partial charge >= 0.3 is 12.2 Å². The van der Waals surface area contributed by atoms with Gasteiger partial charge in [-0.3, -0.25) is 9.80 Å². The first-order chi connectivity index (χ1) is 23.8. The van der Waals surface area contributed by atoms with E-state index in [9.17, 15) is 9.59 Å². The number of carbonyl (C=O) groups is 2. The molecule has 3 aliphatic carbocycles. The number of fused-ring (bicyclic) bond motifs is 1. The molecule has 4 aromatic rings. The molecule has 4 heterocycles. The molecule has 12 heteroatoms. The number of hydrogen-bond acceptors (Lipinski definition) is 10. The van der Waals surface area contributed by atoms with Crippen LogP contribution in [0.1, 0.15) is 136 Å². The summed E-state index contributed by atoms with van der Waals surface area (Å²) >= 11 is 3.16. The summed E-state index contributed by atoms with van der Waals surface area (Å²) in [5, 5.41) is 21.9. The number of hydrogen-bond donors (Lipinski definition) is 0. The summed E-state index contributed by atoms with van der Waals surface area (Å²) < 4.78 is 11.4. The lowest BCUT2D eigenvalue weighted by Gasteiger charge is -2.40. The molecule has 2 aliphatic heterocycles. The standard InChI is InChI=1S/C38H44N6O4S2/c1-37(2,3)47-35(45)43-17-7-9-29(43)33-41-39-31(49-33)21-11-13-23-26-16-15-25(27(23)19-21)24-14-12-22(20-28(24)26)32-40-42-34(50-32)30-10-8-18-44(30)36(46)48-38(4,5)6/h11-14,19-20,25-26,29-30H,7-10,15-18H2,1-6H3/t25?,26?,29-,30-/m0/s1. The molecule has 262 valence electrons. The van der Waals surface area contributed by atoms with Crippen LogP contribution >= 0.6 is 22.7 Å².